The molecular formula is C20H23ClN4OS. The summed E-state index contributed by atoms with van der Waals surface area (Å²) in [6.07, 6.45) is 1.83. The molecule has 0 saturated carbocycles. The highest BCUT2D eigenvalue weighted by atomic mass is 35.5. The molecule has 3 aromatic rings. The summed E-state index contributed by atoms with van der Waals surface area (Å²) in [7, 11) is 0. The zero-order valence-corrected chi connectivity index (χ0v) is 17.0. The Morgan fingerprint density at radius 1 is 1.22 bits per heavy atom. The summed E-state index contributed by atoms with van der Waals surface area (Å²) in [5, 5.41) is 7.77. The van der Waals surface area contributed by atoms with Crippen molar-refractivity contribution in [3.05, 3.63) is 74.8 Å². The maximum atomic E-state index is 6.20. The van der Waals surface area contributed by atoms with Gasteiger partial charge in [0.05, 0.1) is 6.54 Å². The molecular weight excluding hydrogens is 380 g/mol. The molecule has 3 rings (SSSR count). The van der Waals surface area contributed by atoms with E-state index in [-0.39, 0.29) is 0 Å². The van der Waals surface area contributed by atoms with Gasteiger partial charge >= 0.3 is 0 Å². The van der Waals surface area contributed by atoms with Gasteiger partial charge in [0.1, 0.15) is 12.4 Å². The third-order valence-electron chi connectivity index (χ3n) is 4.31. The first-order valence-electron chi connectivity index (χ1n) is 8.94. The van der Waals surface area contributed by atoms with Gasteiger partial charge in [0.15, 0.2) is 5.82 Å². The van der Waals surface area contributed by atoms with E-state index in [9.17, 15) is 0 Å². The van der Waals surface area contributed by atoms with Crippen LogP contribution >= 0.6 is 23.8 Å². The lowest BCUT2D eigenvalue weighted by atomic mass is 10.1. The number of halogens is 1. The Morgan fingerprint density at radius 2 is 2.04 bits per heavy atom. The minimum absolute atomic E-state index is 0.507. The third kappa shape index (κ3) is 4.90. The van der Waals surface area contributed by atoms with Crippen molar-refractivity contribution in [1.29, 1.82) is 0 Å². The molecule has 0 fully saturated rings. The molecule has 0 bridgehead atoms. The van der Waals surface area contributed by atoms with Crippen molar-refractivity contribution >= 4 is 23.8 Å². The van der Waals surface area contributed by atoms with E-state index in [1.165, 1.54) is 5.56 Å². The lowest BCUT2D eigenvalue weighted by Crippen LogP contribution is -2.18. The largest absolute Gasteiger partial charge is 0.489 e. The lowest BCUT2D eigenvalue weighted by molar-refractivity contribution is 0.302. The van der Waals surface area contributed by atoms with Crippen LogP contribution in [0.1, 0.15) is 35.9 Å². The highest BCUT2D eigenvalue weighted by molar-refractivity contribution is 7.71. The van der Waals surface area contributed by atoms with Crippen LogP contribution in [0, 0.1) is 11.7 Å². The lowest BCUT2D eigenvalue weighted by Gasteiger charge is -2.15. The number of ether oxygens (including phenoxy) is 1. The molecule has 0 aliphatic heterocycles. The van der Waals surface area contributed by atoms with Crippen molar-refractivity contribution in [3.8, 4) is 5.75 Å². The quantitative estimate of drug-likeness (QED) is 0.510. The van der Waals surface area contributed by atoms with E-state index in [0.717, 1.165) is 35.5 Å². The number of aromatic amines is 1. The summed E-state index contributed by atoms with van der Waals surface area (Å²) in [4.78, 5) is 0. The maximum absolute atomic E-state index is 6.20. The number of hydrogen-bond acceptors (Lipinski definition) is 4. The molecule has 7 heteroatoms. The molecule has 2 N–H and O–H groups in total. The zero-order chi connectivity index (χ0) is 19.2. The van der Waals surface area contributed by atoms with Crippen molar-refractivity contribution in [2.24, 2.45) is 0 Å². The zero-order valence-electron chi connectivity index (χ0n) is 15.5. The van der Waals surface area contributed by atoms with Crippen LogP contribution in [-0.2, 0) is 19.6 Å². The second-order valence-electron chi connectivity index (χ2n) is 6.33. The van der Waals surface area contributed by atoms with E-state index in [4.69, 9.17) is 28.6 Å². The van der Waals surface area contributed by atoms with Crippen LogP contribution in [0.2, 0.25) is 5.02 Å². The van der Waals surface area contributed by atoms with Gasteiger partial charge in [-0.25, -0.2) is 4.68 Å². The summed E-state index contributed by atoms with van der Waals surface area (Å²) in [5.41, 5.74) is 6.65. The molecule has 0 saturated heterocycles. The molecule has 0 atom stereocenters. The van der Waals surface area contributed by atoms with Crippen molar-refractivity contribution < 1.29 is 4.74 Å². The van der Waals surface area contributed by atoms with Crippen LogP contribution in [0.15, 0.2) is 42.5 Å². The van der Waals surface area contributed by atoms with Crippen LogP contribution in [0.5, 0.6) is 5.75 Å². The van der Waals surface area contributed by atoms with E-state index in [1.54, 1.807) is 0 Å². The average molecular weight is 403 g/mol. The number of benzene rings is 2. The van der Waals surface area contributed by atoms with Gasteiger partial charge in [-0.1, -0.05) is 42.8 Å². The van der Waals surface area contributed by atoms with Gasteiger partial charge in [0.2, 0.25) is 4.77 Å². The normalized spacial score (nSPS) is 10.8. The number of rotatable bonds is 8. The second kappa shape index (κ2) is 9.06. The van der Waals surface area contributed by atoms with Crippen molar-refractivity contribution in [2.45, 2.75) is 39.8 Å². The van der Waals surface area contributed by atoms with Gasteiger partial charge in [-0.2, -0.15) is 5.10 Å². The summed E-state index contributed by atoms with van der Waals surface area (Å²) in [6.45, 7) is 5.22. The Labute approximate surface area is 169 Å². The third-order valence-corrected chi connectivity index (χ3v) is 4.82. The first kappa shape index (κ1) is 19.5. The molecule has 0 aliphatic carbocycles. The average Bonchev–Trinajstić information content (AvgIpc) is 3.00. The summed E-state index contributed by atoms with van der Waals surface area (Å²) >= 11 is 11.5. The number of aromatic nitrogens is 3. The number of nitrogens with one attached hydrogen (secondary N) is 2. The van der Waals surface area contributed by atoms with E-state index in [1.807, 2.05) is 35.0 Å². The molecule has 142 valence electrons. The fourth-order valence-corrected chi connectivity index (χ4v) is 3.21. The van der Waals surface area contributed by atoms with Crippen LogP contribution in [0.4, 0.5) is 0 Å². The molecule has 5 nitrogen and oxygen atoms in total. The van der Waals surface area contributed by atoms with Crippen molar-refractivity contribution in [1.82, 2.24) is 14.9 Å². The van der Waals surface area contributed by atoms with E-state index in [2.05, 4.69) is 41.6 Å². The summed E-state index contributed by atoms with van der Waals surface area (Å²) in [5.74, 6) is 1.68. The molecule has 2 aromatic carbocycles. The highest BCUT2D eigenvalue weighted by Crippen LogP contribution is 2.24. The fourth-order valence-electron chi connectivity index (χ4n) is 2.80. The SMILES string of the molecule is CCCc1n[nH]c(=S)n1NCc1cc(Cl)ccc1OCc1ccccc1C. The van der Waals surface area contributed by atoms with Gasteiger partial charge in [-0.05, 0) is 54.9 Å². The second-order valence-corrected chi connectivity index (χ2v) is 7.16. The number of aryl methyl sites for hydroxylation is 2. The molecule has 0 aliphatic rings. The molecule has 0 amide bonds. The smallest absolute Gasteiger partial charge is 0.214 e. The fraction of sp³-hybridized carbons (Fsp3) is 0.300. The van der Waals surface area contributed by atoms with E-state index < -0.39 is 0 Å². The monoisotopic (exact) mass is 402 g/mol. The maximum Gasteiger partial charge on any atom is 0.214 e. The van der Waals surface area contributed by atoms with Gasteiger partial charge in [0, 0.05) is 17.0 Å². The van der Waals surface area contributed by atoms with Gasteiger partial charge in [-0.3, -0.25) is 5.10 Å². The first-order chi connectivity index (χ1) is 13.1. The Hall–Kier alpha value is -2.31. The number of nitrogens with zero attached hydrogens (tertiary/aromatic N) is 2. The van der Waals surface area contributed by atoms with Crippen molar-refractivity contribution in [2.75, 3.05) is 5.43 Å². The van der Waals surface area contributed by atoms with Crippen LogP contribution in [0.25, 0.3) is 0 Å². The molecule has 0 unspecified atom stereocenters. The Balaban J connectivity index is 1.76. The Kier molecular flexibility index (Phi) is 6.53. The van der Waals surface area contributed by atoms with Crippen LogP contribution in [0.3, 0.4) is 0 Å². The number of hydrogen-bond donors (Lipinski definition) is 2. The van der Waals surface area contributed by atoms with Crippen molar-refractivity contribution in [3.63, 3.8) is 0 Å². The topological polar surface area (TPSA) is 54.9 Å². The Bertz CT molecular complexity index is 967. The predicted octanol–water partition coefficient (Wildman–Crippen LogP) is 5.18. The van der Waals surface area contributed by atoms with Gasteiger partial charge in [-0.15, -0.1) is 0 Å². The minimum Gasteiger partial charge on any atom is -0.489 e. The van der Waals surface area contributed by atoms with Gasteiger partial charge < -0.3 is 10.2 Å². The van der Waals surface area contributed by atoms with Crippen LogP contribution < -0.4 is 10.2 Å². The molecule has 27 heavy (non-hydrogen) atoms. The minimum atomic E-state index is 0.507. The number of H-pyrrole nitrogens is 1. The van der Waals surface area contributed by atoms with E-state index in [0.29, 0.717) is 22.9 Å². The summed E-state index contributed by atoms with van der Waals surface area (Å²) in [6, 6.07) is 13.9. The van der Waals surface area contributed by atoms with Gasteiger partial charge in [0.25, 0.3) is 0 Å². The van der Waals surface area contributed by atoms with E-state index >= 15 is 0 Å². The first-order valence-corrected chi connectivity index (χ1v) is 9.73. The predicted molar refractivity (Wildman–Crippen MR) is 111 cm³/mol. The molecule has 1 heterocycles. The van der Waals surface area contributed by atoms with Crippen LogP contribution in [-0.4, -0.2) is 14.9 Å². The molecule has 0 spiro atoms. The Morgan fingerprint density at radius 3 is 2.81 bits per heavy atom. The highest BCUT2D eigenvalue weighted by Gasteiger charge is 2.09. The molecule has 0 radical (unpaired) electrons. The summed E-state index contributed by atoms with van der Waals surface area (Å²) < 4.78 is 8.43. The molecule has 1 aromatic heterocycles. The standard InChI is InChI=1S/C20H23ClN4OS/c1-3-6-19-23-24-20(27)25(19)22-12-16-11-17(21)9-10-18(16)26-13-15-8-5-4-7-14(15)2/h4-5,7-11,22H,3,6,12-13H2,1-2H3,(H,24,27).